The summed E-state index contributed by atoms with van der Waals surface area (Å²) in [6.07, 6.45) is 28.6. The molecule has 0 radical (unpaired) electrons. The van der Waals surface area contributed by atoms with Crippen LogP contribution >= 0.6 is 0 Å². The molecule has 0 heterocycles. The molecule has 3 aliphatic carbocycles. The minimum Gasteiger partial charge on any atom is -0.0776 e. The van der Waals surface area contributed by atoms with Crippen molar-refractivity contribution in [3.05, 3.63) is 0 Å². The van der Waals surface area contributed by atoms with Crippen LogP contribution in [-0.2, 0) is 0 Å². The third-order valence-electron chi connectivity index (χ3n) is 6.75. The van der Waals surface area contributed by atoms with Crippen LogP contribution in [-0.4, -0.2) is 0 Å². The molecule has 0 unspecified atom stereocenters. The van der Waals surface area contributed by atoms with Crippen molar-refractivity contribution in [3.8, 4) is 0 Å². The zero-order valence-corrected chi connectivity index (χ0v) is 21.7. The van der Waals surface area contributed by atoms with E-state index in [0.717, 1.165) is 23.7 Å². The van der Waals surface area contributed by atoms with Gasteiger partial charge in [-0.15, -0.1) is 0 Å². The summed E-state index contributed by atoms with van der Waals surface area (Å²) in [5.74, 6) is 4.45. The minimum absolute atomic E-state index is 0. The molecule has 3 fully saturated rings. The highest BCUT2D eigenvalue weighted by atomic mass is 14.3. The van der Waals surface area contributed by atoms with Gasteiger partial charge in [-0.2, -0.15) is 0 Å². The third-order valence-corrected chi connectivity index (χ3v) is 6.75. The van der Waals surface area contributed by atoms with Crippen LogP contribution in [0.1, 0.15) is 186 Å². The molecule has 200 valence electrons. The Morgan fingerprint density at radius 2 is 0.531 bits per heavy atom. The predicted octanol–water partition coefficient (Wildman–Crippen LogP) is 12.9. The lowest BCUT2D eigenvalue weighted by Crippen LogP contribution is -2.21. The molecule has 0 atom stereocenters. The number of hydrogen-bond donors (Lipinski definition) is 0. The summed E-state index contributed by atoms with van der Waals surface area (Å²) in [6.45, 7) is 12.8. The summed E-state index contributed by atoms with van der Waals surface area (Å²) in [4.78, 5) is 0. The Labute approximate surface area is 209 Å². The van der Waals surface area contributed by atoms with E-state index < -0.39 is 0 Å². The largest absolute Gasteiger partial charge is 0.0776 e. The zero-order valence-electron chi connectivity index (χ0n) is 21.7. The summed E-state index contributed by atoms with van der Waals surface area (Å²) in [5.41, 5.74) is 0. The van der Waals surface area contributed by atoms with Crippen molar-refractivity contribution in [1.29, 1.82) is 0 Å². The molecule has 0 aromatic rings. The van der Waals surface area contributed by atoms with E-state index in [1.165, 1.54) is 57.8 Å². The maximum atomic E-state index is 2.12. The van der Waals surface area contributed by atoms with Crippen molar-refractivity contribution in [2.45, 2.75) is 186 Å². The first-order valence-corrected chi connectivity index (χ1v) is 14.1. The minimum atomic E-state index is 0. The summed E-state index contributed by atoms with van der Waals surface area (Å²) >= 11 is 0. The fourth-order valence-corrected chi connectivity index (χ4v) is 5.49. The van der Waals surface area contributed by atoms with Gasteiger partial charge >= 0.3 is 0 Å². The van der Waals surface area contributed by atoms with E-state index in [1.54, 1.807) is 64.2 Å². The second kappa shape index (κ2) is 29.0. The summed E-state index contributed by atoms with van der Waals surface area (Å²) in [7, 11) is 0. The Morgan fingerprint density at radius 1 is 0.344 bits per heavy atom. The molecule has 3 saturated carbocycles. The van der Waals surface area contributed by atoms with Gasteiger partial charge in [0.15, 0.2) is 0 Å². The average molecular weight is 457 g/mol. The number of rotatable bonds is 4. The third kappa shape index (κ3) is 21.8. The predicted molar refractivity (Wildman–Crippen MR) is 156 cm³/mol. The number of hydrogen-bond acceptors (Lipinski definition) is 0. The summed E-state index contributed by atoms with van der Waals surface area (Å²) in [6, 6.07) is 0. The van der Waals surface area contributed by atoms with Crippen LogP contribution in [0.2, 0.25) is 0 Å². The first-order chi connectivity index (χ1) is 14.1. The van der Waals surface area contributed by atoms with Crippen molar-refractivity contribution in [2.75, 3.05) is 0 Å². The second-order valence-electron chi connectivity index (χ2n) is 10.5. The molecule has 32 heavy (non-hydrogen) atoms. The van der Waals surface area contributed by atoms with Crippen LogP contribution < -0.4 is 0 Å². The second-order valence-corrected chi connectivity index (χ2v) is 10.5. The molecule has 0 bridgehead atoms. The molecule has 0 aromatic carbocycles. The standard InChI is InChI=1S/C20H36.3C3H8.3CH4/c1-3-7-17(8-4-1)15-19-11-13-20(14-12-19)16-18-9-5-2-6-10-18;3*1-3-2;;;/h17-20H,1-16H2;3*3H2,1-2H3;3*1H4. The maximum absolute atomic E-state index is 2.12. The van der Waals surface area contributed by atoms with Gasteiger partial charge in [0.05, 0.1) is 0 Å². The SMILES string of the molecule is C.C.C.C1CCC(CC2CCC(CC3CCCCC3)CC2)CC1.CCC.CCC.CCC. The van der Waals surface area contributed by atoms with Gasteiger partial charge in [0.1, 0.15) is 0 Å². The van der Waals surface area contributed by atoms with Crippen LogP contribution in [0.25, 0.3) is 0 Å². The summed E-state index contributed by atoms with van der Waals surface area (Å²) < 4.78 is 0. The highest BCUT2D eigenvalue weighted by molar-refractivity contribution is 4.79. The van der Waals surface area contributed by atoms with Crippen LogP contribution in [0.3, 0.4) is 0 Å². The Morgan fingerprint density at radius 3 is 0.750 bits per heavy atom. The van der Waals surface area contributed by atoms with E-state index in [2.05, 4.69) is 41.5 Å². The molecule has 0 saturated heterocycles. The van der Waals surface area contributed by atoms with Crippen molar-refractivity contribution in [2.24, 2.45) is 23.7 Å². The van der Waals surface area contributed by atoms with Crippen LogP contribution in [0, 0.1) is 23.7 Å². The average Bonchev–Trinajstić information content (AvgIpc) is 2.73. The lowest BCUT2D eigenvalue weighted by molar-refractivity contribution is 0.182. The fourth-order valence-electron chi connectivity index (χ4n) is 5.49. The molecule has 0 spiro atoms. The highest BCUT2D eigenvalue weighted by Crippen LogP contribution is 2.40. The van der Waals surface area contributed by atoms with Gasteiger partial charge in [-0.1, -0.05) is 173 Å². The Bertz CT molecular complexity index is 254. The zero-order chi connectivity index (χ0) is 21.7. The molecule has 0 nitrogen and oxygen atoms in total. The summed E-state index contributed by atoms with van der Waals surface area (Å²) in [5, 5.41) is 0. The monoisotopic (exact) mass is 457 g/mol. The van der Waals surface area contributed by atoms with Crippen molar-refractivity contribution < 1.29 is 0 Å². The van der Waals surface area contributed by atoms with Crippen LogP contribution in [0.5, 0.6) is 0 Å². The van der Waals surface area contributed by atoms with E-state index in [-0.39, 0.29) is 22.3 Å². The first kappa shape index (κ1) is 39.2. The molecule has 3 rings (SSSR count). The molecular formula is C32H72. The Hall–Kier alpha value is 0. The van der Waals surface area contributed by atoms with E-state index in [0.29, 0.717) is 0 Å². The molecule has 0 aromatic heterocycles. The smallest absolute Gasteiger partial charge is 0.0411 e. The van der Waals surface area contributed by atoms with Crippen LogP contribution in [0.15, 0.2) is 0 Å². The lowest BCUT2D eigenvalue weighted by atomic mass is 9.72. The van der Waals surface area contributed by atoms with E-state index in [4.69, 9.17) is 0 Å². The van der Waals surface area contributed by atoms with E-state index in [1.807, 2.05) is 0 Å². The van der Waals surface area contributed by atoms with Gasteiger partial charge in [-0.3, -0.25) is 0 Å². The Balaban J connectivity index is -0.000000286. The van der Waals surface area contributed by atoms with Gasteiger partial charge in [0.25, 0.3) is 0 Å². The molecule has 0 heteroatoms. The van der Waals surface area contributed by atoms with Gasteiger partial charge in [-0.25, -0.2) is 0 Å². The van der Waals surface area contributed by atoms with Crippen molar-refractivity contribution >= 4 is 0 Å². The first-order valence-electron chi connectivity index (χ1n) is 14.1. The maximum Gasteiger partial charge on any atom is -0.0411 e. The topological polar surface area (TPSA) is 0 Å². The Kier molecular flexibility index (Phi) is 35.6. The molecule has 0 amide bonds. The molecule has 0 N–H and O–H groups in total. The van der Waals surface area contributed by atoms with Crippen LogP contribution in [0.4, 0.5) is 0 Å². The lowest BCUT2D eigenvalue weighted by Gasteiger charge is -2.34. The molecule has 3 aliphatic rings. The van der Waals surface area contributed by atoms with E-state index >= 15 is 0 Å². The van der Waals surface area contributed by atoms with Crippen molar-refractivity contribution in [3.63, 3.8) is 0 Å². The van der Waals surface area contributed by atoms with Gasteiger partial charge in [0, 0.05) is 0 Å². The normalized spacial score (nSPS) is 23.1. The molecular weight excluding hydrogens is 384 g/mol. The quantitative estimate of drug-likeness (QED) is 0.394. The van der Waals surface area contributed by atoms with Gasteiger partial charge in [-0.05, 0) is 36.5 Å². The van der Waals surface area contributed by atoms with Gasteiger partial charge < -0.3 is 0 Å². The van der Waals surface area contributed by atoms with Gasteiger partial charge in [0.2, 0.25) is 0 Å². The van der Waals surface area contributed by atoms with E-state index in [9.17, 15) is 0 Å². The highest BCUT2D eigenvalue weighted by Gasteiger charge is 2.26. The fraction of sp³-hybridized carbons (Fsp3) is 1.00. The van der Waals surface area contributed by atoms with Crippen molar-refractivity contribution in [1.82, 2.24) is 0 Å². The molecule has 0 aliphatic heterocycles.